The Morgan fingerprint density at radius 3 is 2.75 bits per heavy atom. The van der Waals surface area contributed by atoms with Gasteiger partial charge in [-0.25, -0.2) is 4.98 Å². The summed E-state index contributed by atoms with van der Waals surface area (Å²) in [6.07, 6.45) is 4.68. The Bertz CT molecular complexity index is 509. The van der Waals surface area contributed by atoms with Crippen LogP contribution in [0, 0.1) is 13.8 Å². The molecule has 1 heterocycles. The fraction of sp³-hybridized carbons (Fsp3) is 0.600. The number of hydrogen-bond donors (Lipinski definition) is 2. The van der Waals surface area contributed by atoms with Crippen LogP contribution in [0.2, 0.25) is 0 Å². The van der Waals surface area contributed by atoms with Crippen LogP contribution in [0.15, 0.2) is 11.2 Å². The van der Waals surface area contributed by atoms with Crippen LogP contribution in [0.1, 0.15) is 49.4 Å². The summed E-state index contributed by atoms with van der Waals surface area (Å²) in [5, 5.41) is 12.2. The Hall–Kier alpha value is -1.78. The largest absolute Gasteiger partial charge is 0.409 e. The van der Waals surface area contributed by atoms with Gasteiger partial charge in [0.1, 0.15) is 5.82 Å². The van der Waals surface area contributed by atoms with E-state index in [0.29, 0.717) is 6.04 Å². The number of anilines is 1. The predicted molar refractivity (Wildman–Crippen MR) is 81.5 cm³/mol. The van der Waals surface area contributed by atoms with Gasteiger partial charge in [-0.15, -0.1) is 0 Å². The van der Waals surface area contributed by atoms with Crippen molar-refractivity contribution >= 4 is 11.7 Å². The van der Waals surface area contributed by atoms with Crippen LogP contribution in [0.4, 0.5) is 5.82 Å². The lowest BCUT2D eigenvalue weighted by atomic mass is 10.1. The third-order valence-corrected chi connectivity index (χ3v) is 3.70. The molecule has 0 unspecified atom stereocenters. The highest BCUT2D eigenvalue weighted by Gasteiger charge is 2.32. The lowest BCUT2D eigenvalue weighted by Crippen LogP contribution is -2.31. The Morgan fingerprint density at radius 1 is 1.50 bits per heavy atom. The number of nitrogens with zero attached hydrogens (tertiary/aromatic N) is 3. The second-order valence-corrected chi connectivity index (χ2v) is 5.54. The van der Waals surface area contributed by atoms with Gasteiger partial charge in [0.05, 0.1) is 5.56 Å². The van der Waals surface area contributed by atoms with E-state index in [2.05, 4.69) is 22.0 Å². The summed E-state index contributed by atoms with van der Waals surface area (Å²) in [5.41, 5.74) is 8.60. The first-order chi connectivity index (χ1) is 9.58. The molecule has 0 atom stereocenters. The SMILES string of the molecule is CCCCN(c1nc(C)cc(C)c1C(N)=NO)C1CC1. The summed E-state index contributed by atoms with van der Waals surface area (Å²) in [5.74, 6) is 1.01. The molecule has 110 valence electrons. The highest BCUT2D eigenvalue weighted by atomic mass is 16.4. The minimum absolute atomic E-state index is 0.146. The van der Waals surface area contributed by atoms with Crippen molar-refractivity contribution in [1.29, 1.82) is 0 Å². The van der Waals surface area contributed by atoms with Crippen molar-refractivity contribution < 1.29 is 5.21 Å². The third kappa shape index (κ3) is 3.03. The van der Waals surface area contributed by atoms with E-state index in [1.807, 2.05) is 19.9 Å². The summed E-state index contributed by atoms with van der Waals surface area (Å²) in [4.78, 5) is 7.00. The number of aryl methyl sites for hydroxylation is 2. The van der Waals surface area contributed by atoms with E-state index < -0.39 is 0 Å². The molecule has 1 aliphatic rings. The maximum atomic E-state index is 9.04. The second-order valence-electron chi connectivity index (χ2n) is 5.54. The van der Waals surface area contributed by atoms with Gasteiger partial charge in [0, 0.05) is 18.3 Å². The molecular formula is C15H24N4O. The van der Waals surface area contributed by atoms with Crippen molar-refractivity contribution in [3.05, 3.63) is 22.9 Å². The first kappa shape index (κ1) is 14.6. The molecular weight excluding hydrogens is 252 g/mol. The van der Waals surface area contributed by atoms with Crippen molar-refractivity contribution in [3.8, 4) is 0 Å². The zero-order valence-electron chi connectivity index (χ0n) is 12.6. The molecule has 0 aliphatic heterocycles. The smallest absolute Gasteiger partial charge is 0.174 e. The second kappa shape index (κ2) is 6.11. The van der Waals surface area contributed by atoms with Gasteiger partial charge in [0.2, 0.25) is 0 Å². The number of amidine groups is 1. The topological polar surface area (TPSA) is 74.7 Å². The van der Waals surface area contributed by atoms with Gasteiger partial charge in [-0.05, 0) is 44.7 Å². The van der Waals surface area contributed by atoms with E-state index in [9.17, 15) is 0 Å². The molecule has 1 aliphatic carbocycles. The quantitative estimate of drug-likeness (QED) is 0.362. The number of rotatable bonds is 6. The molecule has 0 saturated heterocycles. The highest BCUT2D eigenvalue weighted by molar-refractivity contribution is 6.02. The molecule has 1 fully saturated rings. The Kier molecular flexibility index (Phi) is 4.47. The fourth-order valence-corrected chi connectivity index (χ4v) is 2.57. The standard InChI is InChI=1S/C15H24N4O/c1-4-5-8-19(12-6-7-12)15-13(14(16)18-20)10(2)9-11(3)17-15/h9,12,20H,4-8H2,1-3H3,(H2,16,18). The van der Waals surface area contributed by atoms with E-state index in [4.69, 9.17) is 10.9 Å². The van der Waals surface area contributed by atoms with Crippen molar-refractivity contribution in [2.75, 3.05) is 11.4 Å². The molecule has 3 N–H and O–H groups in total. The van der Waals surface area contributed by atoms with E-state index in [1.54, 1.807) is 0 Å². The lowest BCUT2D eigenvalue weighted by Gasteiger charge is -2.26. The molecule has 20 heavy (non-hydrogen) atoms. The summed E-state index contributed by atoms with van der Waals surface area (Å²) in [7, 11) is 0. The molecule has 0 bridgehead atoms. The van der Waals surface area contributed by atoms with Crippen molar-refractivity contribution in [3.63, 3.8) is 0 Å². The third-order valence-electron chi connectivity index (χ3n) is 3.70. The van der Waals surface area contributed by atoms with Gasteiger partial charge >= 0.3 is 0 Å². The molecule has 5 nitrogen and oxygen atoms in total. The number of hydrogen-bond acceptors (Lipinski definition) is 4. The summed E-state index contributed by atoms with van der Waals surface area (Å²) >= 11 is 0. The molecule has 0 radical (unpaired) electrons. The van der Waals surface area contributed by atoms with Gasteiger partial charge in [-0.3, -0.25) is 0 Å². The summed E-state index contributed by atoms with van der Waals surface area (Å²) in [6.45, 7) is 7.13. The van der Waals surface area contributed by atoms with Gasteiger partial charge in [-0.1, -0.05) is 18.5 Å². The number of aromatic nitrogens is 1. The van der Waals surface area contributed by atoms with Crippen molar-refractivity contribution in [1.82, 2.24) is 4.98 Å². The average molecular weight is 276 g/mol. The zero-order chi connectivity index (χ0) is 14.7. The van der Waals surface area contributed by atoms with Gasteiger partial charge < -0.3 is 15.8 Å². The minimum atomic E-state index is 0.146. The van der Waals surface area contributed by atoms with E-state index in [1.165, 1.54) is 12.8 Å². The van der Waals surface area contributed by atoms with Gasteiger partial charge in [0.15, 0.2) is 5.84 Å². The monoisotopic (exact) mass is 276 g/mol. The number of pyridine rings is 1. The molecule has 1 aromatic heterocycles. The van der Waals surface area contributed by atoms with Crippen LogP contribution in [-0.4, -0.2) is 28.6 Å². The molecule has 0 amide bonds. The van der Waals surface area contributed by atoms with Crippen LogP contribution < -0.4 is 10.6 Å². The lowest BCUT2D eigenvalue weighted by molar-refractivity contribution is 0.318. The number of unbranched alkanes of at least 4 members (excludes halogenated alkanes) is 1. The van der Waals surface area contributed by atoms with Gasteiger partial charge in [0.25, 0.3) is 0 Å². The van der Waals surface area contributed by atoms with Crippen LogP contribution in [-0.2, 0) is 0 Å². The fourth-order valence-electron chi connectivity index (χ4n) is 2.57. The summed E-state index contributed by atoms with van der Waals surface area (Å²) in [6, 6.07) is 2.53. The average Bonchev–Trinajstić information content (AvgIpc) is 3.22. The maximum Gasteiger partial charge on any atom is 0.174 e. The summed E-state index contributed by atoms with van der Waals surface area (Å²) < 4.78 is 0. The van der Waals surface area contributed by atoms with Crippen LogP contribution in [0.3, 0.4) is 0 Å². The zero-order valence-corrected chi connectivity index (χ0v) is 12.6. The first-order valence-electron chi connectivity index (χ1n) is 7.31. The molecule has 1 saturated carbocycles. The first-order valence-corrected chi connectivity index (χ1v) is 7.31. The van der Waals surface area contributed by atoms with Crippen LogP contribution in [0.5, 0.6) is 0 Å². The van der Waals surface area contributed by atoms with E-state index in [-0.39, 0.29) is 5.84 Å². The highest BCUT2D eigenvalue weighted by Crippen LogP contribution is 2.34. The number of oxime groups is 1. The van der Waals surface area contributed by atoms with E-state index in [0.717, 1.165) is 42.0 Å². The maximum absolute atomic E-state index is 9.04. The normalized spacial score (nSPS) is 15.4. The predicted octanol–water partition coefficient (Wildman–Crippen LogP) is 2.56. The molecule has 0 aromatic carbocycles. The molecule has 0 spiro atoms. The molecule has 2 rings (SSSR count). The van der Waals surface area contributed by atoms with Gasteiger partial charge in [-0.2, -0.15) is 0 Å². The van der Waals surface area contributed by atoms with Crippen LogP contribution in [0.25, 0.3) is 0 Å². The Morgan fingerprint density at radius 2 is 2.20 bits per heavy atom. The Labute approximate surface area is 120 Å². The molecule has 1 aromatic rings. The van der Waals surface area contributed by atoms with Crippen LogP contribution >= 0.6 is 0 Å². The Balaban J connectivity index is 2.46. The number of nitrogens with two attached hydrogens (primary N) is 1. The van der Waals surface area contributed by atoms with Crippen molar-refractivity contribution in [2.24, 2.45) is 10.9 Å². The van der Waals surface area contributed by atoms with E-state index >= 15 is 0 Å². The van der Waals surface area contributed by atoms with Crippen molar-refractivity contribution in [2.45, 2.75) is 52.5 Å². The minimum Gasteiger partial charge on any atom is -0.409 e. The molecule has 5 heteroatoms.